The number of hydrogen-bond donors (Lipinski definition) is 2. The number of rotatable bonds is 9. The number of nitrogens with one attached hydrogen (secondary N) is 1. The van der Waals surface area contributed by atoms with Crippen molar-refractivity contribution in [2.24, 2.45) is 0 Å². The Bertz CT molecular complexity index is 1030. The zero-order valence-electron chi connectivity index (χ0n) is 18.0. The number of nitriles is 1. The van der Waals surface area contributed by atoms with Gasteiger partial charge in [-0.25, -0.2) is 5.43 Å². The van der Waals surface area contributed by atoms with E-state index >= 15 is 0 Å². The predicted octanol–water partition coefficient (Wildman–Crippen LogP) is 6.18. The summed E-state index contributed by atoms with van der Waals surface area (Å²) in [7, 11) is 0. The first-order chi connectivity index (χ1) is 14.8. The van der Waals surface area contributed by atoms with Gasteiger partial charge < -0.3 is 4.74 Å². The molecule has 31 heavy (non-hydrogen) atoms. The summed E-state index contributed by atoms with van der Waals surface area (Å²) in [6.07, 6.45) is 3.63. The highest BCUT2D eigenvalue weighted by Crippen LogP contribution is 2.43. The van der Waals surface area contributed by atoms with E-state index in [1.165, 1.54) is 34.8 Å². The minimum atomic E-state index is 0.00243. The quantitative estimate of drug-likeness (QED) is 0.347. The van der Waals surface area contributed by atoms with E-state index in [4.69, 9.17) is 4.74 Å². The summed E-state index contributed by atoms with van der Waals surface area (Å²) in [5.41, 5.74) is 8.00. The van der Waals surface area contributed by atoms with Gasteiger partial charge >= 0.3 is 0 Å². The minimum absolute atomic E-state index is 0.00243. The molecule has 5 nitrogen and oxygen atoms in total. The molecular formula is C24H27N3O2S2. The topological polar surface area (TPSA) is 68.5 Å². The maximum absolute atomic E-state index is 9.80. The van der Waals surface area contributed by atoms with Crippen molar-refractivity contribution >= 4 is 33.5 Å². The van der Waals surface area contributed by atoms with Gasteiger partial charge in [-0.05, 0) is 73.0 Å². The van der Waals surface area contributed by atoms with Gasteiger partial charge in [0, 0.05) is 16.1 Å². The second kappa shape index (κ2) is 10.4. The normalized spacial score (nSPS) is 15.1. The molecule has 0 aliphatic heterocycles. The number of fused-ring (bicyclic) bond motifs is 1. The molecular weight excluding hydrogens is 426 g/mol. The maximum Gasteiger partial charge on any atom is 0.137 e. The van der Waals surface area contributed by atoms with Gasteiger partial charge in [0.05, 0.1) is 17.7 Å². The van der Waals surface area contributed by atoms with Crippen molar-refractivity contribution in [3.8, 4) is 11.8 Å². The van der Waals surface area contributed by atoms with Crippen molar-refractivity contribution in [2.45, 2.75) is 38.8 Å². The standard InChI is InChI=1S/C24H27N3O2S2/c1-15(2)29-24-12-9-18(13-19(24)14-25)16(3)31-17(4)20-7-6-8-22-21(20)10-11-23(22)26-27(28)30-5/h6-9,12-13,15,23,26,28H,3-4,10-11H2,1-2,5H3. The van der Waals surface area contributed by atoms with Crippen LogP contribution >= 0.6 is 23.7 Å². The first kappa shape index (κ1) is 23.5. The Morgan fingerprint density at radius 3 is 2.74 bits per heavy atom. The third-order valence-electron chi connectivity index (χ3n) is 5.04. The largest absolute Gasteiger partial charge is 0.490 e. The van der Waals surface area contributed by atoms with Crippen molar-refractivity contribution < 1.29 is 9.94 Å². The van der Waals surface area contributed by atoms with Crippen LogP contribution in [0, 0.1) is 11.3 Å². The van der Waals surface area contributed by atoms with E-state index in [0.29, 0.717) is 11.3 Å². The third kappa shape index (κ3) is 5.53. The van der Waals surface area contributed by atoms with Crippen LogP contribution in [0.1, 0.15) is 54.1 Å². The van der Waals surface area contributed by atoms with Crippen molar-refractivity contribution in [3.63, 3.8) is 0 Å². The van der Waals surface area contributed by atoms with Crippen LogP contribution in [0.3, 0.4) is 0 Å². The van der Waals surface area contributed by atoms with Gasteiger partial charge in [0.1, 0.15) is 11.8 Å². The molecule has 162 valence electrons. The van der Waals surface area contributed by atoms with Gasteiger partial charge in [0.25, 0.3) is 0 Å². The Kier molecular flexibility index (Phi) is 7.87. The van der Waals surface area contributed by atoms with Crippen LogP contribution in [0.4, 0.5) is 0 Å². The molecule has 0 radical (unpaired) electrons. The molecule has 0 fully saturated rings. The van der Waals surface area contributed by atoms with E-state index in [2.05, 4.69) is 36.8 Å². The molecule has 1 atom stereocenters. The zero-order chi connectivity index (χ0) is 22.5. The highest BCUT2D eigenvalue weighted by molar-refractivity contribution is 8.16. The summed E-state index contributed by atoms with van der Waals surface area (Å²) in [5, 5.41) is 19.3. The van der Waals surface area contributed by atoms with E-state index in [9.17, 15) is 10.5 Å². The first-order valence-electron chi connectivity index (χ1n) is 10.0. The molecule has 0 saturated heterocycles. The summed E-state index contributed by atoms with van der Waals surface area (Å²) < 4.78 is 6.76. The lowest BCUT2D eigenvalue weighted by Gasteiger charge is -2.19. The smallest absolute Gasteiger partial charge is 0.137 e. The molecule has 0 saturated carbocycles. The number of ether oxygens (including phenoxy) is 1. The molecule has 0 bridgehead atoms. The fourth-order valence-corrected chi connectivity index (χ4v) is 4.72. The number of nitrogens with zero attached hydrogens (tertiary/aromatic N) is 2. The molecule has 7 heteroatoms. The monoisotopic (exact) mass is 453 g/mol. The maximum atomic E-state index is 9.80. The van der Waals surface area contributed by atoms with Gasteiger partial charge in [-0.1, -0.05) is 53.8 Å². The van der Waals surface area contributed by atoms with Gasteiger partial charge in [0.2, 0.25) is 0 Å². The predicted molar refractivity (Wildman–Crippen MR) is 130 cm³/mol. The molecule has 0 spiro atoms. The van der Waals surface area contributed by atoms with Gasteiger partial charge in [-0.2, -0.15) is 5.26 Å². The fourth-order valence-electron chi connectivity index (χ4n) is 3.65. The molecule has 2 aromatic carbocycles. The number of benzene rings is 2. The SMILES string of the molecule is C=C(SC(=C)c1cccc2c1CCC2NN(O)SC)c1ccc(OC(C)C)c(C#N)c1. The first-order valence-corrected chi connectivity index (χ1v) is 12.0. The van der Waals surface area contributed by atoms with Crippen molar-refractivity contribution in [3.05, 3.63) is 77.4 Å². The zero-order valence-corrected chi connectivity index (χ0v) is 19.6. The van der Waals surface area contributed by atoms with Crippen LogP contribution < -0.4 is 10.2 Å². The van der Waals surface area contributed by atoms with Crippen LogP contribution in [0.15, 0.2) is 49.6 Å². The van der Waals surface area contributed by atoms with Crippen molar-refractivity contribution in [1.29, 1.82) is 5.26 Å². The molecule has 0 heterocycles. The van der Waals surface area contributed by atoms with Crippen LogP contribution in [0.5, 0.6) is 5.75 Å². The average molecular weight is 454 g/mol. The molecule has 3 rings (SSSR count). The van der Waals surface area contributed by atoms with Crippen LogP contribution in [0.2, 0.25) is 0 Å². The molecule has 2 aromatic rings. The average Bonchev–Trinajstić information content (AvgIpc) is 3.16. The van der Waals surface area contributed by atoms with Crippen molar-refractivity contribution in [2.75, 3.05) is 6.26 Å². The van der Waals surface area contributed by atoms with Crippen LogP contribution in [-0.4, -0.2) is 22.1 Å². The summed E-state index contributed by atoms with van der Waals surface area (Å²) >= 11 is 2.73. The van der Waals surface area contributed by atoms with E-state index in [1.54, 1.807) is 0 Å². The van der Waals surface area contributed by atoms with E-state index < -0.39 is 0 Å². The minimum Gasteiger partial charge on any atom is -0.490 e. The lowest BCUT2D eigenvalue weighted by Crippen LogP contribution is -2.31. The summed E-state index contributed by atoms with van der Waals surface area (Å²) in [5.74, 6) is 0.584. The second-order valence-corrected chi connectivity index (χ2v) is 9.39. The Hall–Kier alpha value is -2.21. The van der Waals surface area contributed by atoms with Crippen LogP contribution in [-0.2, 0) is 6.42 Å². The molecule has 0 aromatic heterocycles. The van der Waals surface area contributed by atoms with E-state index in [-0.39, 0.29) is 12.1 Å². The van der Waals surface area contributed by atoms with E-state index in [1.807, 2.05) is 44.4 Å². The number of thioether (sulfide) groups is 1. The van der Waals surface area contributed by atoms with Gasteiger partial charge in [-0.3, -0.25) is 5.21 Å². The fraction of sp³-hybridized carbons (Fsp3) is 0.292. The number of hydrazine groups is 1. The summed E-state index contributed by atoms with van der Waals surface area (Å²) in [6.45, 7) is 12.4. The summed E-state index contributed by atoms with van der Waals surface area (Å²) in [4.78, 5) is 1.74. The molecule has 2 N–H and O–H groups in total. The lowest BCUT2D eigenvalue weighted by molar-refractivity contribution is -0.0441. The Labute approximate surface area is 192 Å². The second-order valence-electron chi connectivity index (χ2n) is 7.49. The highest BCUT2D eigenvalue weighted by Gasteiger charge is 2.26. The lowest BCUT2D eigenvalue weighted by atomic mass is 10.0. The molecule has 1 aliphatic carbocycles. The van der Waals surface area contributed by atoms with Gasteiger partial charge in [-0.15, -0.1) is 0 Å². The number of hydrogen-bond acceptors (Lipinski definition) is 7. The Morgan fingerprint density at radius 1 is 1.29 bits per heavy atom. The van der Waals surface area contributed by atoms with Crippen molar-refractivity contribution in [1.82, 2.24) is 10.0 Å². The van der Waals surface area contributed by atoms with Crippen LogP contribution in [0.25, 0.3) is 9.81 Å². The molecule has 0 amide bonds. The van der Waals surface area contributed by atoms with E-state index in [0.717, 1.165) is 38.4 Å². The highest BCUT2D eigenvalue weighted by atomic mass is 32.2. The molecule has 1 aliphatic rings. The Balaban J connectivity index is 1.77. The Morgan fingerprint density at radius 2 is 2.06 bits per heavy atom. The van der Waals surface area contributed by atoms with Gasteiger partial charge in [0.15, 0.2) is 0 Å². The molecule has 1 unspecified atom stereocenters. The summed E-state index contributed by atoms with van der Waals surface area (Å²) in [6, 6.07) is 14.0. The third-order valence-corrected chi connectivity index (χ3v) is 6.44.